The molecule has 5 nitrogen and oxygen atoms in total. The van der Waals surface area contributed by atoms with Gasteiger partial charge in [0.05, 0.1) is 21.9 Å². The number of benzene rings is 1. The van der Waals surface area contributed by atoms with Gasteiger partial charge in [0, 0.05) is 34.0 Å². The van der Waals surface area contributed by atoms with Crippen molar-refractivity contribution in [1.29, 1.82) is 0 Å². The molecular weight excluding hydrogens is 346 g/mol. The van der Waals surface area contributed by atoms with Gasteiger partial charge in [0.15, 0.2) is 0 Å². The van der Waals surface area contributed by atoms with Crippen LogP contribution in [0.2, 0.25) is 4.34 Å². The molecule has 0 bridgehead atoms. The normalized spacial score (nSPS) is 11.0. The Bertz CT molecular complexity index is 1140. The molecule has 1 N–H and O–H groups in total. The van der Waals surface area contributed by atoms with Crippen LogP contribution in [-0.4, -0.2) is 14.5 Å². The maximum absolute atomic E-state index is 12.6. The van der Waals surface area contributed by atoms with Gasteiger partial charge in [0.2, 0.25) is 0 Å². The van der Waals surface area contributed by atoms with Crippen LogP contribution in [-0.2, 0) is 0 Å². The van der Waals surface area contributed by atoms with Crippen molar-refractivity contribution in [1.82, 2.24) is 14.5 Å². The SMILES string of the molecule is O=c1cc(-c2csc(Cl)c2)[nH]c(=O)n1-c1cncc2ccccc12. The zero-order valence-corrected chi connectivity index (χ0v) is 13.8. The molecule has 0 saturated heterocycles. The van der Waals surface area contributed by atoms with E-state index in [1.807, 2.05) is 24.3 Å². The number of pyridine rings is 1. The van der Waals surface area contributed by atoms with Crippen molar-refractivity contribution in [3.63, 3.8) is 0 Å². The summed E-state index contributed by atoms with van der Waals surface area (Å²) in [4.78, 5) is 32.0. The van der Waals surface area contributed by atoms with Gasteiger partial charge in [-0.05, 0) is 6.07 Å². The Morgan fingerprint density at radius 1 is 1.12 bits per heavy atom. The average Bonchev–Trinajstić information content (AvgIpc) is 3.01. The first-order valence-corrected chi connectivity index (χ1v) is 8.33. The summed E-state index contributed by atoms with van der Waals surface area (Å²) in [5, 5.41) is 3.43. The van der Waals surface area contributed by atoms with Crippen molar-refractivity contribution in [3.8, 4) is 16.9 Å². The number of hydrogen-bond acceptors (Lipinski definition) is 4. The van der Waals surface area contributed by atoms with Crippen molar-refractivity contribution in [2.24, 2.45) is 0 Å². The maximum atomic E-state index is 12.6. The summed E-state index contributed by atoms with van der Waals surface area (Å²) in [6.07, 6.45) is 3.21. The van der Waals surface area contributed by atoms with Gasteiger partial charge in [0.25, 0.3) is 5.56 Å². The summed E-state index contributed by atoms with van der Waals surface area (Å²) in [5.41, 5.74) is 0.668. The Morgan fingerprint density at radius 3 is 2.71 bits per heavy atom. The van der Waals surface area contributed by atoms with Crippen molar-refractivity contribution < 1.29 is 0 Å². The van der Waals surface area contributed by atoms with Crippen LogP contribution in [0.25, 0.3) is 27.7 Å². The van der Waals surface area contributed by atoms with Crippen LogP contribution in [0.15, 0.2) is 63.8 Å². The number of nitrogens with one attached hydrogen (secondary N) is 1. The van der Waals surface area contributed by atoms with Crippen molar-refractivity contribution in [2.75, 3.05) is 0 Å². The molecule has 24 heavy (non-hydrogen) atoms. The zero-order valence-electron chi connectivity index (χ0n) is 12.2. The number of nitrogens with zero attached hydrogens (tertiary/aromatic N) is 2. The van der Waals surface area contributed by atoms with E-state index in [0.717, 1.165) is 15.3 Å². The summed E-state index contributed by atoms with van der Waals surface area (Å²) in [7, 11) is 0. The fourth-order valence-electron chi connectivity index (χ4n) is 2.61. The lowest BCUT2D eigenvalue weighted by atomic mass is 10.1. The van der Waals surface area contributed by atoms with Gasteiger partial charge in [0.1, 0.15) is 0 Å². The lowest BCUT2D eigenvalue weighted by Gasteiger charge is -2.08. The summed E-state index contributed by atoms with van der Waals surface area (Å²) in [6.45, 7) is 0. The summed E-state index contributed by atoms with van der Waals surface area (Å²) in [5.74, 6) is 0. The Hall–Kier alpha value is -2.70. The van der Waals surface area contributed by atoms with Crippen LogP contribution >= 0.6 is 22.9 Å². The molecule has 4 rings (SSSR count). The first-order valence-electron chi connectivity index (χ1n) is 7.07. The van der Waals surface area contributed by atoms with Crippen molar-refractivity contribution in [3.05, 3.63) is 79.3 Å². The van der Waals surface area contributed by atoms with Gasteiger partial charge in [-0.3, -0.25) is 9.78 Å². The van der Waals surface area contributed by atoms with E-state index in [1.54, 1.807) is 17.6 Å². The van der Waals surface area contributed by atoms with Gasteiger partial charge in [-0.15, -0.1) is 11.3 Å². The Labute approximate surface area is 144 Å². The molecule has 3 aromatic heterocycles. The smallest absolute Gasteiger partial charge is 0.306 e. The Balaban J connectivity index is 1.96. The minimum atomic E-state index is -0.516. The quantitative estimate of drug-likeness (QED) is 0.598. The lowest BCUT2D eigenvalue weighted by molar-refractivity contribution is 0.881. The molecule has 3 heterocycles. The van der Waals surface area contributed by atoms with E-state index in [1.165, 1.54) is 23.6 Å². The van der Waals surface area contributed by atoms with Crippen LogP contribution in [0.3, 0.4) is 0 Å². The van der Waals surface area contributed by atoms with Crippen molar-refractivity contribution in [2.45, 2.75) is 0 Å². The number of halogens is 1. The average molecular weight is 356 g/mol. The molecule has 118 valence electrons. The predicted molar refractivity (Wildman–Crippen MR) is 96.3 cm³/mol. The fourth-order valence-corrected chi connectivity index (χ4v) is 3.49. The monoisotopic (exact) mass is 355 g/mol. The van der Waals surface area contributed by atoms with E-state index in [9.17, 15) is 9.59 Å². The van der Waals surface area contributed by atoms with E-state index in [-0.39, 0.29) is 0 Å². The van der Waals surface area contributed by atoms with E-state index >= 15 is 0 Å². The molecule has 0 aliphatic heterocycles. The van der Waals surface area contributed by atoms with Crippen LogP contribution in [0.5, 0.6) is 0 Å². The van der Waals surface area contributed by atoms with Gasteiger partial charge >= 0.3 is 5.69 Å². The molecular formula is C17H10ClN3O2S. The van der Waals surface area contributed by atoms with Crippen LogP contribution in [0.1, 0.15) is 0 Å². The highest BCUT2D eigenvalue weighted by Gasteiger charge is 2.12. The minimum absolute atomic E-state index is 0.422. The zero-order chi connectivity index (χ0) is 16.7. The molecule has 0 saturated carbocycles. The highest BCUT2D eigenvalue weighted by Crippen LogP contribution is 2.26. The first-order chi connectivity index (χ1) is 11.6. The molecule has 0 spiro atoms. The third-order valence-electron chi connectivity index (χ3n) is 3.70. The second-order valence-corrected chi connectivity index (χ2v) is 6.72. The van der Waals surface area contributed by atoms with Crippen LogP contribution in [0, 0.1) is 0 Å². The lowest BCUT2D eigenvalue weighted by Crippen LogP contribution is -2.33. The maximum Gasteiger partial charge on any atom is 0.333 e. The Kier molecular flexibility index (Phi) is 3.55. The molecule has 0 aliphatic rings. The highest BCUT2D eigenvalue weighted by atomic mass is 35.5. The fraction of sp³-hybridized carbons (Fsp3) is 0. The van der Waals surface area contributed by atoms with E-state index in [4.69, 9.17) is 11.6 Å². The third-order valence-corrected chi connectivity index (χ3v) is 4.79. The molecule has 0 unspecified atom stereocenters. The summed E-state index contributed by atoms with van der Waals surface area (Å²) < 4.78 is 1.68. The highest BCUT2D eigenvalue weighted by molar-refractivity contribution is 7.14. The van der Waals surface area contributed by atoms with Crippen LogP contribution in [0.4, 0.5) is 0 Å². The molecule has 1 aromatic carbocycles. The summed E-state index contributed by atoms with van der Waals surface area (Å²) in [6, 6.07) is 10.6. The number of rotatable bonds is 2. The van der Waals surface area contributed by atoms with E-state index in [2.05, 4.69) is 9.97 Å². The van der Waals surface area contributed by atoms with E-state index in [0.29, 0.717) is 21.3 Å². The largest absolute Gasteiger partial charge is 0.333 e. The van der Waals surface area contributed by atoms with Gasteiger partial charge in [-0.1, -0.05) is 35.9 Å². The molecule has 0 radical (unpaired) electrons. The van der Waals surface area contributed by atoms with Gasteiger partial charge in [-0.25, -0.2) is 9.36 Å². The van der Waals surface area contributed by atoms with Crippen molar-refractivity contribution >= 4 is 33.7 Å². The topological polar surface area (TPSA) is 67.8 Å². The number of H-pyrrole nitrogens is 1. The number of thiophene rings is 1. The standard InChI is InChI=1S/C17H10ClN3O2S/c18-15-5-11(9-24-15)13-6-16(22)21(17(23)20-13)14-8-19-7-10-3-1-2-4-12(10)14/h1-9H,(H,20,23). The Morgan fingerprint density at radius 2 is 1.96 bits per heavy atom. The summed E-state index contributed by atoms with van der Waals surface area (Å²) >= 11 is 7.26. The van der Waals surface area contributed by atoms with Gasteiger partial charge < -0.3 is 4.98 Å². The van der Waals surface area contributed by atoms with Gasteiger partial charge in [-0.2, -0.15) is 0 Å². The number of aromatic nitrogens is 3. The van der Waals surface area contributed by atoms with Crippen LogP contribution < -0.4 is 11.2 Å². The minimum Gasteiger partial charge on any atom is -0.306 e. The molecule has 0 amide bonds. The van der Waals surface area contributed by atoms with E-state index < -0.39 is 11.2 Å². The molecule has 0 atom stereocenters. The number of aromatic amines is 1. The molecule has 0 fully saturated rings. The second-order valence-electron chi connectivity index (χ2n) is 5.18. The number of hydrogen-bond donors (Lipinski definition) is 1. The third kappa shape index (κ3) is 2.46. The molecule has 0 aliphatic carbocycles. The molecule has 4 aromatic rings. The number of fused-ring (bicyclic) bond motifs is 1. The first kappa shape index (κ1) is 14.9. The predicted octanol–water partition coefficient (Wildman–Crippen LogP) is 3.46. The second kappa shape index (κ2) is 5.74. The molecule has 7 heteroatoms.